The van der Waals surface area contributed by atoms with Crippen molar-refractivity contribution in [3.63, 3.8) is 0 Å². The highest BCUT2D eigenvalue weighted by atomic mass is 35.5. The Morgan fingerprint density at radius 2 is 2.00 bits per heavy atom. The Bertz CT molecular complexity index is 520. The number of anilines is 1. The van der Waals surface area contributed by atoms with Crippen LogP contribution in [-0.2, 0) is 11.2 Å². The molecule has 2 unspecified atom stereocenters. The SMILES string of the molecule is CCc1cnc(N2CCN(C(=O)C3CCCC(N)C3)CC2)s1.Cl.Cl. The van der Waals surface area contributed by atoms with Gasteiger partial charge < -0.3 is 15.5 Å². The highest BCUT2D eigenvalue weighted by molar-refractivity contribution is 7.15. The molecule has 1 aliphatic carbocycles. The molecule has 5 nitrogen and oxygen atoms in total. The Labute approximate surface area is 160 Å². The fourth-order valence-corrected chi connectivity index (χ4v) is 4.34. The van der Waals surface area contributed by atoms with Crippen molar-refractivity contribution in [1.82, 2.24) is 9.88 Å². The second-order valence-electron chi connectivity index (χ2n) is 6.40. The lowest BCUT2D eigenvalue weighted by Crippen LogP contribution is -2.51. The van der Waals surface area contributed by atoms with Crippen molar-refractivity contribution in [3.05, 3.63) is 11.1 Å². The third kappa shape index (κ3) is 4.97. The van der Waals surface area contributed by atoms with Gasteiger partial charge in [0.1, 0.15) is 0 Å². The van der Waals surface area contributed by atoms with Crippen molar-refractivity contribution in [2.75, 3.05) is 31.1 Å². The minimum atomic E-state index is 0. The molecule has 1 saturated heterocycles. The molecular formula is C16H28Cl2N4OS. The van der Waals surface area contributed by atoms with Crippen LogP contribution in [0.4, 0.5) is 5.13 Å². The van der Waals surface area contributed by atoms with Gasteiger partial charge in [0.25, 0.3) is 0 Å². The summed E-state index contributed by atoms with van der Waals surface area (Å²) >= 11 is 1.77. The van der Waals surface area contributed by atoms with Gasteiger partial charge in [-0.05, 0) is 25.7 Å². The van der Waals surface area contributed by atoms with Gasteiger partial charge in [-0.15, -0.1) is 36.2 Å². The van der Waals surface area contributed by atoms with Crippen molar-refractivity contribution in [2.24, 2.45) is 11.7 Å². The van der Waals surface area contributed by atoms with Crippen LogP contribution < -0.4 is 10.6 Å². The van der Waals surface area contributed by atoms with Crippen LogP contribution in [0.2, 0.25) is 0 Å². The van der Waals surface area contributed by atoms with Crippen molar-refractivity contribution >= 4 is 47.2 Å². The normalized spacial score (nSPS) is 24.1. The maximum absolute atomic E-state index is 12.6. The Kier molecular flexibility index (Phi) is 8.77. The molecule has 0 bridgehead atoms. The molecule has 2 heterocycles. The number of piperazine rings is 1. The van der Waals surface area contributed by atoms with E-state index >= 15 is 0 Å². The lowest BCUT2D eigenvalue weighted by atomic mass is 9.85. The third-order valence-corrected chi connectivity index (χ3v) is 6.02. The Morgan fingerprint density at radius 1 is 1.29 bits per heavy atom. The Hall–Kier alpha value is -0.560. The number of amides is 1. The number of carbonyl (C=O) groups excluding carboxylic acids is 1. The number of aromatic nitrogens is 1. The van der Waals surface area contributed by atoms with Crippen molar-refractivity contribution in [2.45, 2.75) is 45.1 Å². The minimum Gasteiger partial charge on any atom is -0.345 e. The molecule has 0 aromatic carbocycles. The van der Waals surface area contributed by atoms with E-state index < -0.39 is 0 Å². The lowest BCUT2D eigenvalue weighted by molar-refractivity contribution is -0.137. The molecule has 1 aromatic heterocycles. The first kappa shape index (κ1) is 21.5. The largest absolute Gasteiger partial charge is 0.345 e. The van der Waals surface area contributed by atoms with E-state index in [1.165, 1.54) is 4.88 Å². The van der Waals surface area contributed by atoms with E-state index in [2.05, 4.69) is 16.8 Å². The number of aryl methyl sites for hydroxylation is 1. The molecule has 1 aromatic rings. The predicted octanol–water partition coefficient (Wildman–Crippen LogP) is 2.72. The van der Waals surface area contributed by atoms with E-state index in [0.717, 1.165) is 63.4 Å². The minimum absolute atomic E-state index is 0. The smallest absolute Gasteiger partial charge is 0.225 e. The van der Waals surface area contributed by atoms with E-state index in [-0.39, 0.29) is 36.8 Å². The third-order valence-electron chi connectivity index (χ3n) is 4.82. The van der Waals surface area contributed by atoms with Crippen LogP contribution in [0.5, 0.6) is 0 Å². The molecule has 2 atom stereocenters. The van der Waals surface area contributed by atoms with Gasteiger partial charge in [-0.2, -0.15) is 0 Å². The van der Waals surface area contributed by atoms with Crippen LogP contribution in [0.15, 0.2) is 6.20 Å². The van der Waals surface area contributed by atoms with Crippen LogP contribution in [0.25, 0.3) is 0 Å². The zero-order valence-electron chi connectivity index (χ0n) is 14.1. The molecule has 3 rings (SSSR count). The van der Waals surface area contributed by atoms with Crippen LogP contribution in [0.3, 0.4) is 0 Å². The van der Waals surface area contributed by atoms with Crippen molar-refractivity contribution in [3.8, 4) is 0 Å². The molecule has 1 saturated carbocycles. The van der Waals surface area contributed by atoms with Gasteiger partial charge in [-0.3, -0.25) is 4.79 Å². The quantitative estimate of drug-likeness (QED) is 0.855. The summed E-state index contributed by atoms with van der Waals surface area (Å²) in [4.78, 5) is 22.8. The summed E-state index contributed by atoms with van der Waals surface area (Å²) in [5.74, 6) is 0.477. The van der Waals surface area contributed by atoms with Crippen LogP contribution in [0.1, 0.15) is 37.5 Å². The van der Waals surface area contributed by atoms with Crippen molar-refractivity contribution < 1.29 is 4.79 Å². The van der Waals surface area contributed by atoms with Gasteiger partial charge in [0.05, 0.1) is 0 Å². The number of halogens is 2. The average molecular weight is 395 g/mol. The summed E-state index contributed by atoms with van der Waals surface area (Å²) in [6, 6.07) is 0.215. The van der Waals surface area contributed by atoms with Gasteiger partial charge in [0.15, 0.2) is 5.13 Å². The van der Waals surface area contributed by atoms with E-state index in [1.54, 1.807) is 11.3 Å². The van der Waals surface area contributed by atoms with Crippen LogP contribution >= 0.6 is 36.2 Å². The second kappa shape index (κ2) is 9.80. The molecule has 2 aliphatic rings. The molecular weight excluding hydrogens is 367 g/mol. The van der Waals surface area contributed by atoms with Gasteiger partial charge in [-0.25, -0.2) is 4.98 Å². The van der Waals surface area contributed by atoms with Gasteiger partial charge in [0.2, 0.25) is 5.91 Å². The molecule has 1 amide bonds. The summed E-state index contributed by atoms with van der Waals surface area (Å²) in [6.07, 6.45) is 7.06. The molecule has 138 valence electrons. The number of nitrogens with zero attached hydrogens (tertiary/aromatic N) is 3. The number of rotatable bonds is 3. The number of hydrogen-bond donors (Lipinski definition) is 1. The number of hydrogen-bond acceptors (Lipinski definition) is 5. The Balaban J connectivity index is 0.00000144. The fourth-order valence-electron chi connectivity index (χ4n) is 3.44. The van der Waals surface area contributed by atoms with Crippen molar-refractivity contribution in [1.29, 1.82) is 0 Å². The first-order valence-electron chi connectivity index (χ1n) is 8.41. The Morgan fingerprint density at radius 3 is 2.58 bits per heavy atom. The van der Waals surface area contributed by atoms with E-state index in [9.17, 15) is 4.79 Å². The van der Waals surface area contributed by atoms with Gasteiger partial charge >= 0.3 is 0 Å². The molecule has 2 fully saturated rings. The molecule has 1 aliphatic heterocycles. The summed E-state index contributed by atoms with van der Waals surface area (Å²) in [6.45, 7) is 5.56. The molecule has 2 N–H and O–H groups in total. The first-order chi connectivity index (χ1) is 10.7. The summed E-state index contributed by atoms with van der Waals surface area (Å²) < 4.78 is 0. The molecule has 0 spiro atoms. The monoisotopic (exact) mass is 394 g/mol. The van der Waals surface area contributed by atoms with Gasteiger partial charge in [0, 0.05) is 49.2 Å². The topological polar surface area (TPSA) is 62.5 Å². The maximum Gasteiger partial charge on any atom is 0.225 e. The van der Waals surface area contributed by atoms with E-state index in [1.807, 2.05) is 11.1 Å². The first-order valence-corrected chi connectivity index (χ1v) is 9.23. The summed E-state index contributed by atoms with van der Waals surface area (Å²) in [7, 11) is 0. The second-order valence-corrected chi connectivity index (χ2v) is 7.49. The number of nitrogens with two attached hydrogens (primary N) is 1. The molecule has 8 heteroatoms. The van der Waals surface area contributed by atoms with Crippen LogP contribution in [0, 0.1) is 5.92 Å². The summed E-state index contributed by atoms with van der Waals surface area (Å²) in [5, 5.41) is 1.10. The van der Waals surface area contributed by atoms with Crippen LogP contribution in [-0.4, -0.2) is 48.0 Å². The van der Waals surface area contributed by atoms with E-state index in [0.29, 0.717) is 5.91 Å². The predicted molar refractivity (Wildman–Crippen MR) is 105 cm³/mol. The highest BCUT2D eigenvalue weighted by Gasteiger charge is 2.31. The molecule has 0 radical (unpaired) electrons. The number of carbonyl (C=O) groups is 1. The highest BCUT2D eigenvalue weighted by Crippen LogP contribution is 2.27. The zero-order valence-corrected chi connectivity index (χ0v) is 16.6. The fraction of sp³-hybridized carbons (Fsp3) is 0.750. The van der Waals surface area contributed by atoms with Gasteiger partial charge in [-0.1, -0.05) is 13.3 Å². The van der Waals surface area contributed by atoms with E-state index in [4.69, 9.17) is 5.73 Å². The summed E-state index contributed by atoms with van der Waals surface area (Å²) in [5.41, 5.74) is 6.02. The lowest BCUT2D eigenvalue weighted by Gasteiger charge is -2.37. The zero-order chi connectivity index (χ0) is 15.5. The number of thiazole rings is 1. The average Bonchev–Trinajstić information content (AvgIpc) is 3.03. The molecule has 24 heavy (non-hydrogen) atoms. The standard InChI is InChI=1S/C16H26N4OS.2ClH/c1-2-14-11-18-16(22-14)20-8-6-19(7-9-20)15(21)12-4-3-5-13(17)10-12;;/h11-13H,2-10,17H2,1H3;2*1H. The maximum atomic E-state index is 12.6.